The maximum Gasteiger partial charge on any atom is 0.453 e. The molecule has 4 saturated carbocycles. The molecule has 0 N–H and O–H groups in total. The summed E-state index contributed by atoms with van der Waals surface area (Å²) in [6.07, 6.45) is 2.66. The molecule has 0 atom stereocenters. The highest BCUT2D eigenvalue weighted by molar-refractivity contribution is 7.16. The lowest BCUT2D eigenvalue weighted by atomic mass is 9.50. The summed E-state index contributed by atoms with van der Waals surface area (Å²) in [5.74, 6) is 1.21. The van der Waals surface area contributed by atoms with E-state index in [0.717, 1.165) is 46.5 Å². The Balaban J connectivity index is 1.61. The second kappa shape index (κ2) is 4.01. The molecular formula is C14H15F3N4S. The van der Waals surface area contributed by atoms with E-state index >= 15 is 0 Å². The predicted molar refractivity (Wildman–Crippen MR) is 73.5 cm³/mol. The van der Waals surface area contributed by atoms with Gasteiger partial charge in [0.15, 0.2) is 0 Å². The maximum absolute atomic E-state index is 13.0. The predicted octanol–water partition coefficient (Wildman–Crippen LogP) is 3.67. The van der Waals surface area contributed by atoms with E-state index < -0.39 is 12.0 Å². The molecule has 4 nitrogen and oxygen atoms in total. The van der Waals surface area contributed by atoms with Gasteiger partial charge in [-0.15, -0.1) is 10.2 Å². The van der Waals surface area contributed by atoms with Crippen LogP contribution in [0.1, 0.15) is 49.4 Å². The Morgan fingerprint density at radius 2 is 1.59 bits per heavy atom. The first-order chi connectivity index (χ1) is 10.4. The van der Waals surface area contributed by atoms with E-state index in [9.17, 15) is 13.2 Å². The molecule has 0 saturated heterocycles. The summed E-state index contributed by atoms with van der Waals surface area (Å²) in [5, 5.41) is 12.1. The van der Waals surface area contributed by atoms with Crippen molar-refractivity contribution >= 4 is 16.3 Å². The van der Waals surface area contributed by atoms with Crippen molar-refractivity contribution in [3.05, 3.63) is 10.8 Å². The van der Waals surface area contributed by atoms with Gasteiger partial charge in [0.1, 0.15) is 5.01 Å². The second-order valence-electron chi connectivity index (χ2n) is 7.32. The van der Waals surface area contributed by atoms with E-state index in [1.54, 1.807) is 0 Å². The minimum Gasteiger partial charge on any atom is -0.178 e. The van der Waals surface area contributed by atoms with Crippen molar-refractivity contribution in [3.63, 3.8) is 0 Å². The zero-order valence-corrected chi connectivity index (χ0v) is 12.6. The molecule has 0 spiro atoms. The van der Waals surface area contributed by atoms with Gasteiger partial charge in [-0.1, -0.05) is 11.3 Å². The fraction of sp³-hybridized carbons (Fsp3) is 0.786. The Hall–Kier alpha value is -1.18. The third kappa shape index (κ3) is 1.73. The van der Waals surface area contributed by atoms with Gasteiger partial charge in [-0.3, -0.25) is 0 Å². The zero-order valence-electron chi connectivity index (χ0n) is 11.8. The van der Waals surface area contributed by atoms with Crippen molar-refractivity contribution in [3.8, 4) is 0 Å². The average molecular weight is 328 g/mol. The zero-order chi connectivity index (χ0) is 15.1. The molecular weight excluding hydrogens is 313 g/mol. The molecule has 8 heteroatoms. The summed E-state index contributed by atoms with van der Waals surface area (Å²) in [5.41, 5.74) is 0.00296. The summed E-state index contributed by atoms with van der Waals surface area (Å²) >= 11 is 1.30. The quantitative estimate of drug-likeness (QED) is 0.802. The number of aromatic nitrogens is 4. The molecule has 0 aromatic carbocycles. The summed E-state index contributed by atoms with van der Waals surface area (Å²) in [7, 11) is 0. The number of nitrogens with zero attached hydrogens (tertiary/aromatic N) is 4. The fourth-order valence-electron chi connectivity index (χ4n) is 5.38. The number of rotatable bonds is 1. The fourth-order valence-corrected chi connectivity index (χ4v) is 6.44. The molecule has 6 rings (SSSR count). The maximum atomic E-state index is 13.0. The molecule has 118 valence electrons. The van der Waals surface area contributed by atoms with Crippen molar-refractivity contribution < 1.29 is 13.2 Å². The van der Waals surface area contributed by atoms with Crippen LogP contribution in [0.3, 0.4) is 0 Å². The highest BCUT2D eigenvalue weighted by atomic mass is 32.1. The van der Waals surface area contributed by atoms with E-state index in [0.29, 0.717) is 0 Å². The molecule has 22 heavy (non-hydrogen) atoms. The molecule has 0 radical (unpaired) electrons. The van der Waals surface area contributed by atoms with Crippen LogP contribution >= 0.6 is 11.3 Å². The van der Waals surface area contributed by atoms with E-state index in [1.165, 1.54) is 30.6 Å². The molecule has 2 aromatic rings. The van der Waals surface area contributed by atoms with E-state index in [2.05, 4.69) is 15.3 Å². The first kappa shape index (κ1) is 13.3. The largest absolute Gasteiger partial charge is 0.453 e. The number of hydrogen-bond donors (Lipinski definition) is 0. The Kier molecular flexibility index (Phi) is 2.42. The lowest BCUT2D eigenvalue weighted by Crippen LogP contribution is -2.48. The standard InChI is InChI=1S/C14H15F3N4S/c15-14(16,17)10-18-19-12-21(10)20-11(22-12)13-4-7-1-8(5-13)3-9(2-7)6-13/h7-9H,1-6H2. The van der Waals surface area contributed by atoms with Crippen LogP contribution in [0.4, 0.5) is 13.2 Å². The highest BCUT2D eigenvalue weighted by Gasteiger charge is 2.53. The molecule has 4 bridgehead atoms. The van der Waals surface area contributed by atoms with Gasteiger partial charge in [0, 0.05) is 5.41 Å². The van der Waals surface area contributed by atoms with Gasteiger partial charge in [-0.2, -0.15) is 22.8 Å². The lowest BCUT2D eigenvalue weighted by molar-refractivity contribution is -0.146. The Bertz CT molecular complexity index is 712. The Morgan fingerprint density at radius 3 is 2.14 bits per heavy atom. The van der Waals surface area contributed by atoms with Crippen molar-refractivity contribution in [1.82, 2.24) is 19.8 Å². The topological polar surface area (TPSA) is 43.1 Å². The number of fused-ring (bicyclic) bond motifs is 1. The van der Waals surface area contributed by atoms with Gasteiger partial charge in [-0.05, 0) is 56.3 Å². The number of hydrogen-bond acceptors (Lipinski definition) is 4. The smallest absolute Gasteiger partial charge is 0.178 e. The molecule has 4 aliphatic rings. The van der Waals surface area contributed by atoms with Crippen LogP contribution in [-0.4, -0.2) is 19.8 Å². The van der Waals surface area contributed by atoms with Crippen LogP contribution in [0.5, 0.6) is 0 Å². The van der Waals surface area contributed by atoms with Crippen molar-refractivity contribution in [1.29, 1.82) is 0 Å². The average Bonchev–Trinajstić information content (AvgIpc) is 2.94. The summed E-state index contributed by atoms with van der Waals surface area (Å²) in [4.78, 5) is 0.262. The summed E-state index contributed by atoms with van der Waals surface area (Å²) < 4.78 is 39.8. The highest BCUT2D eigenvalue weighted by Crippen LogP contribution is 2.61. The Labute approximate surface area is 128 Å². The van der Waals surface area contributed by atoms with Crippen LogP contribution in [0, 0.1) is 17.8 Å². The van der Waals surface area contributed by atoms with Crippen LogP contribution in [0.25, 0.3) is 4.96 Å². The van der Waals surface area contributed by atoms with Crippen molar-refractivity contribution in [2.24, 2.45) is 17.8 Å². The van der Waals surface area contributed by atoms with Gasteiger partial charge in [0.2, 0.25) is 4.96 Å². The second-order valence-corrected chi connectivity index (χ2v) is 8.28. The first-order valence-corrected chi connectivity index (χ1v) is 8.54. The minimum atomic E-state index is -4.51. The third-order valence-corrected chi connectivity index (χ3v) is 6.88. The van der Waals surface area contributed by atoms with Gasteiger partial charge in [-0.25, -0.2) is 0 Å². The van der Waals surface area contributed by atoms with Crippen molar-refractivity contribution in [2.75, 3.05) is 0 Å². The summed E-state index contributed by atoms with van der Waals surface area (Å²) in [6, 6.07) is 0. The van der Waals surface area contributed by atoms with Crippen molar-refractivity contribution in [2.45, 2.75) is 50.1 Å². The lowest BCUT2D eigenvalue weighted by Gasteiger charge is -2.55. The summed E-state index contributed by atoms with van der Waals surface area (Å²) in [6.45, 7) is 0. The van der Waals surface area contributed by atoms with E-state index in [4.69, 9.17) is 0 Å². The Morgan fingerprint density at radius 1 is 1.00 bits per heavy atom. The molecule has 2 heterocycles. The first-order valence-electron chi connectivity index (χ1n) is 7.73. The van der Waals surface area contributed by atoms with E-state index in [-0.39, 0.29) is 10.4 Å². The number of alkyl halides is 3. The molecule has 4 fully saturated rings. The third-order valence-electron chi connectivity index (χ3n) is 5.74. The molecule has 2 aromatic heterocycles. The SMILES string of the molecule is FC(F)(F)c1nnc2sc(C34CC5CC(CC(C5)C3)C4)nn12. The minimum absolute atomic E-state index is 0.00296. The normalized spacial score (nSPS) is 37.3. The van der Waals surface area contributed by atoms with Gasteiger partial charge >= 0.3 is 6.18 Å². The molecule has 0 unspecified atom stereocenters. The molecule has 0 aliphatic heterocycles. The van der Waals surface area contributed by atoms with Crippen LogP contribution in [0.15, 0.2) is 0 Å². The van der Waals surface area contributed by atoms with Gasteiger partial charge in [0.05, 0.1) is 0 Å². The number of halogens is 3. The van der Waals surface area contributed by atoms with Crippen LogP contribution in [0.2, 0.25) is 0 Å². The van der Waals surface area contributed by atoms with Gasteiger partial charge < -0.3 is 0 Å². The van der Waals surface area contributed by atoms with Crippen LogP contribution < -0.4 is 0 Å². The molecule has 0 amide bonds. The van der Waals surface area contributed by atoms with E-state index in [1.807, 2.05) is 0 Å². The monoisotopic (exact) mass is 328 g/mol. The van der Waals surface area contributed by atoms with Gasteiger partial charge in [0.25, 0.3) is 5.82 Å². The molecule has 4 aliphatic carbocycles. The van der Waals surface area contributed by atoms with Crippen LogP contribution in [-0.2, 0) is 11.6 Å².